The van der Waals surface area contributed by atoms with Crippen molar-refractivity contribution in [2.75, 3.05) is 29.6 Å². The lowest BCUT2D eigenvalue weighted by Gasteiger charge is -2.36. The number of carbonyl (C=O) groups excluding carboxylic acids is 1. The van der Waals surface area contributed by atoms with Crippen molar-refractivity contribution >= 4 is 29.2 Å². The van der Waals surface area contributed by atoms with Crippen molar-refractivity contribution in [1.29, 1.82) is 0 Å². The molecular weight excluding hydrogens is 420 g/mol. The molecule has 2 aliphatic rings. The van der Waals surface area contributed by atoms with E-state index in [9.17, 15) is 4.79 Å². The molecule has 168 valence electrons. The average Bonchev–Trinajstić information content (AvgIpc) is 3.46. The van der Waals surface area contributed by atoms with Crippen molar-refractivity contribution < 1.29 is 4.79 Å². The summed E-state index contributed by atoms with van der Waals surface area (Å²) in [5, 5.41) is 4.52. The van der Waals surface area contributed by atoms with Crippen LogP contribution in [0.25, 0.3) is 0 Å². The molecule has 32 heavy (non-hydrogen) atoms. The molecule has 1 aromatic carbocycles. The number of rotatable bonds is 6. The molecule has 0 radical (unpaired) electrons. The number of aryl methyl sites for hydroxylation is 2. The molecule has 2 aromatic heterocycles. The highest BCUT2D eigenvalue weighted by Gasteiger charge is 2.40. The van der Waals surface area contributed by atoms with E-state index in [2.05, 4.69) is 51.7 Å². The summed E-state index contributed by atoms with van der Waals surface area (Å²) in [6.45, 7) is 1.65. The summed E-state index contributed by atoms with van der Waals surface area (Å²) in [5.41, 5.74) is 3.23. The maximum atomic E-state index is 12.5. The van der Waals surface area contributed by atoms with E-state index >= 15 is 0 Å². The third-order valence-corrected chi connectivity index (χ3v) is 6.87. The summed E-state index contributed by atoms with van der Waals surface area (Å²) >= 11 is 1.75. The average molecular weight is 451 g/mol. The molecule has 4 heterocycles. The molecule has 0 N–H and O–H groups in total. The zero-order valence-electron chi connectivity index (χ0n) is 17.9. The first-order valence-corrected chi connectivity index (χ1v) is 11.9. The Morgan fingerprint density at radius 2 is 1.94 bits per heavy atom. The maximum absolute atomic E-state index is 12.5. The second kappa shape index (κ2) is 9.32. The zero-order chi connectivity index (χ0) is 21.4. The predicted molar refractivity (Wildman–Crippen MR) is 130 cm³/mol. The van der Waals surface area contributed by atoms with Crippen LogP contribution in [0, 0.1) is 0 Å². The van der Waals surface area contributed by atoms with Gasteiger partial charge in [0.05, 0.1) is 18.9 Å². The molecule has 5 rings (SSSR count). The van der Waals surface area contributed by atoms with Crippen molar-refractivity contribution in [3.8, 4) is 0 Å². The van der Waals surface area contributed by atoms with Gasteiger partial charge >= 0.3 is 0 Å². The van der Waals surface area contributed by atoms with Crippen LogP contribution in [0.3, 0.4) is 0 Å². The first kappa shape index (κ1) is 22.3. The van der Waals surface area contributed by atoms with E-state index in [4.69, 9.17) is 4.98 Å². The van der Waals surface area contributed by atoms with Crippen molar-refractivity contribution in [3.63, 3.8) is 0 Å². The first-order valence-electron chi connectivity index (χ1n) is 10.7. The summed E-state index contributed by atoms with van der Waals surface area (Å²) in [6.07, 6.45) is 11.4. The molecule has 7 nitrogen and oxygen atoms in total. The first-order chi connectivity index (χ1) is 15.1. The van der Waals surface area contributed by atoms with Gasteiger partial charge in [-0.1, -0.05) is 19.6 Å². The van der Waals surface area contributed by atoms with Crippen LogP contribution in [0.1, 0.15) is 37.2 Å². The predicted octanol–water partition coefficient (Wildman–Crippen LogP) is 3.81. The lowest BCUT2D eigenvalue weighted by Crippen LogP contribution is -2.49. The molecule has 1 amide bonds. The third-order valence-electron chi connectivity index (χ3n) is 6.13. The number of amides is 1. The molecular formula is C24H30N6OS. The molecule has 0 spiro atoms. The molecule has 2 aliphatic heterocycles. The van der Waals surface area contributed by atoms with E-state index in [0.29, 0.717) is 0 Å². The Hall–Kier alpha value is -2.87. The Kier molecular flexibility index (Phi) is 6.50. The van der Waals surface area contributed by atoms with Gasteiger partial charge in [0.2, 0.25) is 5.91 Å². The number of nitrogens with zero attached hydrogens (tertiary/aromatic N) is 6. The van der Waals surface area contributed by atoms with Crippen LogP contribution >= 0.6 is 11.8 Å². The van der Waals surface area contributed by atoms with E-state index in [-0.39, 0.29) is 19.4 Å². The molecule has 0 saturated carbocycles. The highest BCUT2D eigenvalue weighted by atomic mass is 32.2. The second-order valence-electron chi connectivity index (χ2n) is 8.14. The minimum absolute atomic E-state index is 0. The maximum Gasteiger partial charge on any atom is 0.249 e. The highest BCUT2D eigenvalue weighted by molar-refractivity contribution is 7.98. The smallest absolute Gasteiger partial charge is 0.249 e. The number of hydrogen-bond donors (Lipinski definition) is 0. The molecule has 0 bridgehead atoms. The Bertz CT molecular complexity index is 1100. The van der Waals surface area contributed by atoms with Crippen molar-refractivity contribution in [2.45, 2.75) is 50.6 Å². The van der Waals surface area contributed by atoms with Gasteiger partial charge in [-0.3, -0.25) is 9.48 Å². The SMILES string of the molecule is C.CSc1ccc(Cn2cc(CCc3ncc4c(n3)N3CCC[C@H]3C(=O)N4C)cn2)cc1. The van der Waals surface area contributed by atoms with E-state index in [1.54, 1.807) is 22.9 Å². The third kappa shape index (κ3) is 4.24. The van der Waals surface area contributed by atoms with Gasteiger partial charge < -0.3 is 9.80 Å². The molecule has 3 aromatic rings. The monoisotopic (exact) mass is 450 g/mol. The van der Waals surface area contributed by atoms with Crippen molar-refractivity contribution in [2.24, 2.45) is 0 Å². The largest absolute Gasteiger partial charge is 0.343 e. The zero-order valence-corrected chi connectivity index (χ0v) is 18.7. The fraction of sp³-hybridized carbons (Fsp3) is 0.417. The minimum atomic E-state index is -0.0662. The van der Waals surface area contributed by atoms with Gasteiger partial charge in [0.1, 0.15) is 17.6 Å². The normalized spacial score (nSPS) is 17.2. The molecule has 8 heteroatoms. The van der Waals surface area contributed by atoms with Crippen LogP contribution in [-0.4, -0.2) is 51.5 Å². The number of aromatic nitrogens is 4. The van der Waals surface area contributed by atoms with Crippen LogP contribution in [0.2, 0.25) is 0 Å². The van der Waals surface area contributed by atoms with Gasteiger partial charge in [-0.25, -0.2) is 9.97 Å². The van der Waals surface area contributed by atoms with Crippen LogP contribution in [0.4, 0.5) is 11.5 Å². The number of carbonyl (C=O) groups is 1. The summed E-state index contributed by atoms with van der Waals surface area (Å²) in [4.78, 5) is 27.1. The van der Waals surface area contributed by atoms with Gasteiger partial charge in [0, 0.05) is 31.1 Å². The fourth-order valence-corrected chi connectivity index (χ4v) is 4.79. The highest BCUT2D eigenvalue weighted by Crippen LogP contribution is 2.37. The minimum Gasteiger partial charge on any atom is -0.343 e. The quantitative estimate of drug-likeness (QED) is 0.532. The lowest BCUT2D eigenvalue weighted by atomic mass is 10.1. The summed E-state index contributed by atoms with van der Waals surface area (Å²) in [5.74, 6) is 1.86. The molecule has 1 fully saturated rings. The standard InChI is InChI=1S/C23H26N6OS.CH4/c1-27-20-13-24-21(26-22(20)29-11-3-4-19(29)23(27)30)10-7-17-12-25-28(15-17)14-16-5-8-18(31-2)9-6-16;/h5-6,8-9,12-13,15,19H,3-4,7,10-11,14H2,1-2H3;1H4/t19-;/m0./s1. The van der Waals surface area contributed by atoms with Crippen molar-refractivity contribution in [3.05, 3.63) is 59.8 Å². The van der Waals surface area contributed by atoms with Gasteiger partial charge in [0.15, 0.2) is 5.82 Å². The molecule has 0 unspecified atom stereocenters. The number of anilines is 2. The molecule has 1 saturated heterocycles. The number of hydrogen-bond acceptors (Lipinski definition) is 6. The number of likely N-dealkylation sites (N-methyl/N-ethyl adjacent to an activating group) is 1. The Morgan fingerprint density at radius 1 is 1.12 bits per heavy atom. The molecule has 0 aliphatic carbocycles. The number of benzene rings is 1. The fourth-order valence-electron chi connectivity index (χ4n) is 4.39. The van der Waals surface area contributed by atoms with Crippen LogP contribution in [0.15, 0.2) is 47.8 Å². The molecule has 1 atom stereocenters. The van der Waals surface area contributed by atoms with Gasteiger partial charge in [0.25, 0.3) is 0 Å². The lowest BCUT2D eigenvalue weighted by molar-refractivity contribution is -0.119. The Morgan fingerprint density at radius 3 is 2.72 bits per heavy atom. The summed E-state index contributed by atoms with van der Waals surface area (Å²) in [6, 6.07) is 8.54. The van der Waals surface area contributed by atoms with E-state index in [1.807, 2.05) is 17.9 Å². The number of fused-ring (bicyclic) bond motifs is 3. The summed E-state index contributed by atoms with van der Waals surface area (Å²) < 4.78 is 1.98. The van der Waals surface area contributed by atoms with E-state index in [0.717, 1.165) is 56.1 Å². The van der Waals surface area contributed by atoms with Crippen molar-refractivity contribution in [1.82, 2.24) is 19.7 Å². The van der Waals surface area contributed by atoms with Crippen LogP contribution < -0.4 is 9.80 Å². The van der Waals surface area contributed by atoms with Crippen LogP contribution in [0.5, 0.6) is 0 Å². The van der Waals surface area contributed by atoms with Gasteiger partial charge in [-0.05, 0) is 48.8 Å². The van der Waals surface area contributed by atoms with E-state index in [1.165, 1.54) is 16.0 Å². The van der Waals surface area contributed by atoms with Gasteiger partial charge in [-0.2, -0.15) is 5.10 Å². The second-order valence-corrected chi connectivity index (χ2v) is 9.02. The Balaban J connectivity index is 0.00000245. The topological polar surface area (TPSA) is 67.2 Å². The Labute approximate surface area is 193 Å². The van der Waals surface area contributed by atoms with E-state index < -0.39 is 0 Å². The van der Waals surface area contributed by atoms with Crippen LogP contribution in [-0.2, 0) is 24.2 Å². The van der Waals surface area contributed by atoms with Gasteiger partial charge in [-0.15, -0.1) is 11.8 Å². The summed E-state index contributed by atoms with van der Waals surface area (Å²) in [7, 11) is 1.82. The number of thioether (sulfide) groups is 1.